The number of benzene rings is 1. The van der Waals surface area contributed by atoms with E-state index in [9.17, 15) is 9.59 Å². The quantitative estimate of drug-likeness (QED) is 0.674. The molecule has 0 bridgehead atoms. The van der Waals surface area contributed by atoms with E-state index in [1.54, 1.807) is 11.9 Å². The molecule has 0 unspecified atom stereocenters. The molecule has 2 amide bonds. The van der Waals surface area contributed by atoms with Crippen LogP contribution in [0, 0.1) is 5.92 Å². The average Bonchev–Trinajstić information content (AvgIpc) is 3.35. The summed E-state index contributed by atoms with van der Waals surface area (Å²) in [5.41, 5.74) is 1.87. The Labute approximate surface area is 175 Å². The van der Waals surface area contributed by atoms with Gasteiger partial charge in [-0.2, -0.15) is 0 Å². The van der Waals surface area contributed by atoms with E-state index in [0.29, 0.717) is 13.1 Å². The number of hydrogen-bond donors (Lipinski definition) is 0. The number of pyridine rings is 1. The summed E-state index contributed by atoms with van der Waals surface area (Å²) in [5.74, 6) is 1.05. The number of rotatable bonds is 3. The number of piperidine rings is 1. The van der Waals surface area contributed by atoms with Crippen molar-refractivity contribution in [3.63, 3.8) is 0 Å². The van der Waals surface area contributed by atoms with E-state index in [-0.39, 0.29) is 36.1 Å². The third-order valence-electron chi connectivity index (χ3n) is 6.56. The molecule has 3 aromatic rings. The van der Waals surface area contributed by atoms with Crippen LogP contribution >= 0.6 is 0 Å². The molecule has 4 heterocycles. The van der Waals surface area contributed by atoms with Crippen molar-refractivity contribution in [2.45, 2.75) is 31.2 Å². The van der Waals surface area contributed by atoms with Gasteiger partial charge >= 0.3 is 0 Å². The van der Waals surface area contributed by atoms with Gasteiger partial charge in [0.15, 0.2) is 5.65 Å². The average molecular weight is 403 g/mol. The van der Waals surface area contributed by atoms with E-state index in [4.69, 9.17) is 0 Å². The maximum Gasteiger partial charge on any atom is 0.228 e. The minimum atomic E-state index is -0.324. The topological polar surface area (TPSA) is 70.8 Å². The first-order chi connectivity index (χ1) is 14.6. The summed E-state index contributed by atoms with van der Waals surface area (Å²) < 4.78 is 2.04. The molecule has 0 aliphatic carbocycles. The zero-order chi connectivity index (χ0) is 20.7. The van der Waals surface area contributed by atoms with Crippen LogP contribution in [0.15, 0.2) is 54.7 Å². The van der Waals surface area contributed by atoms with E-state index in [1.807, 2.05) is 64.0 Å². The van der Waals surface area contributed by atoms with E-state index in [1.165, 1.54) is 0 Å². The molecule has 2 aromatic heterocycles. The Morgan fingerprint density at radius 1 is 1.00 bits per heavy atom. The second kappa shape index (κ2) is 7.55. The van der Waals surface area contributed by atoms with Gasteiger partial charge in [0.05, 0.1) is 12.0 Å². The first-order valence-corrected chi connectivity index (χ1v) is 10.5. The molecular weight excluding hydrogens is 378 g/mol. The Morgan fingerprint density at radius 2 is 1.73 bits per heavy atom. The van der Waals surface area contributed by atoms with E-state index >= 15 is 0 Å². The first kappa shape index (κ1) is 18.8. The van der Waals surface area contributed by atoms with Gasteiger partial charge in [0.1, 0.15) is 5.82 Å². The van der Waals surface area contributed by atoms with Crippen LogP contribution in [0.2, 0.25) is 0 Å². The third-order valence-corrected chi connectivity index (χ3v) is 6.56. The van der Waals surface area contributed by atoms with Gasteiger partial charge in [-0.05, 0) is 30.5 Å². The molecule has 0 radical (unpaired) electrons. The molecule has 30 heavy (non-hydrogen) atoms. The lowest BCUT2D eigenvalue weighted by Crippen LogP contribution is -2.43. The van der Waals surface area contributed by atoms with Gasteiger partial charge in [-0.15, -0.1) is 10.2 Å². The van der Waals surface area contributed by atoms with Gasteiger partial charge in [0.25, 0.3) is 0 Å². The highest BCUT2D eigenvalue weighted by Crippen LogP contribution is 2.39. The Kier molecular flexibility index (Phi) is 4.73. The highest BCUT2D eigenvalue weighted by molar-refractivity contribution is 5.90. The van der Waals surface area contributed by atoms with E-state index in [0.717, 1.165) is 29.9 Å². The van der Waals surface area contributed by atoms with E-state index < -0.39 is 0 Å². The summed E-state index contributed by atoms with van der Waals surface area (Å²) in [5, 5.41) is 8.66. The van der Waals surface area contributed by atoms with Crippen LogP contribution in [0.3, 0.4) is 0 Å². The minimum absolute atomic E-state index is 0.0343. The predicted molar refractivity (Wildman–Crippen MR) is 112 cm³/mol. The van der Waals surface area contributed by atoms with Crippen LogP contribution in [0.4, 0.5) is 0 Å². The number of aromatic nitrogens is 3. The zero-order valence-corrected chi connectivity index (χ0v) is 17.0. The number of amides is 2. The van der Waals surface area contributed by atoms with Crippen molar-refractivity contribution >= 4 is 17.5 Å². The van der Waals surface area contributed by atoms with Gasteiger partial charge in [0.2, 0.25) is 11.8 Å². The Bertz CT molecular complexity index is 1070. The lowest BCUT2D eigenvalue weighted by Gasteiger charge is -2.34. The summed E-state index contributed by atoms with van der Waals surface area (Å²) in [6.45, 7) is 1.36. The molecule has 5 rings (SSSR count). The molecule has 2 aliphatic rings. The lowest BCUT2D eigenvalue weighted by molar-refractivity contribution is -0.137. The molecule has 7 heteroatoms. The molecule has 2 fully saturated rings. The monoisotopic (exact) mass is 403 g/mol. The maximum absolute atomic E-state index is 13.4. The van der Waals surface area contributed by atoms with Gasteiger partial charge in [-0.3, -0.25) is 14.0 Å². The van der Waals surface area contributed by atoms with Crippen LogP contribution in [0.5, 0.6) is 0 Å². The maximum atomic E-state index is 13.4. The summed E-state index contributed by atoms with van der Waals surface area (Å²) in [4.78, 5) is 29.5. The zero-order valence-electron chi connectivity index (χ0n) is 17.0. The highest BCUT2D eigenvalue weighted by Gasteiger charge is 2.44. The number of carbonyl (C=O) groups excluding carboxylic acids is 2. The second-order valence-electron chi connectivity index (χ2n) is 8.26. The third kappa shape index (κ3) is 3.14. The molecule has 0 saturated carbocycles. The Balaban J connectivity index is 1.31. The van der Waals surface area contributed by atoms with Crippen LogP contribution in [-0.2, 0) is 9.59 Å². The Morgan fingerprint density at radius 3 is 2.50 bits per heavy atom. The highest BCUT2D eigenvalue weighted by atomic mass is 16.2. The van der Waals surface area contributed by atoms with Crippen LogP contribution < -0.4 is 0 Å². The minimum Gasteiger partial charge on any atom is -0.342 e. The molecule has 2 aliphatic heterocycles. The molecule has 154 valence electrons. The Hall–Kier alpha value is -3.22. The number of likely N-dealkylation sites (tertiary alicyclic amines) is 2. The summed E-state index contributed by atoms with van der Waals surface area (Å²) >= 11 is 0. The summed E-state index contributed by atoms with van der Waals surface area (Å²) in [6, 6.07) is 15.6. The predicted octanol–water partition coefficient (Wildman–Crippen LogP) is 2.65. The van der Waals surface area contributed by atoms with Crippen molar-refractivity contribution in [3.05, 3.63) is 66.1 Å². The fourth-order valence-corrected chi connectivity index (χ4v) is 4.93. The summed E-state index contributed by atoms with van der Waals surface area (Å²) in [7, 11) is 1.80. The van der Waals surface area contributed by atoms with Gasteiger partial charge in [-0.1, -0.05) is 36.4 Å². The van der Waals surface area contributed by atoms with Gasteiger partial charge in [-0.25, -0.2) is 0 Å². The van der Waals surface area contributed by atoms with Crippen molar-refractivity contribution in [2.24, 2.45) is 5.92 Å². The van der Waals surface area contributed by atoms with Crippen LogP contribution in [-0.4, -0.2) is 56.3 Å². The van der Waals surface area contributed by atoms with E-state index in [2.05, 4.69) is 10.2 Å². The van der Waals surface area contributed by atoms with Crippen molar-refractivity contribution < 1.29 is 9.59 Å². The van der Waals surface area contributed by atoms with Crippen molar-refractivity contribution in [3.8, 4) is 0 Å². The summed E-state index contributed by atoms with van der Waals surface area (Å²) in [6.07, 6.45) is 3.98. The molecule has 7 nitrogen and oxygen atoms in total. The normalized spacial score (nSPS) is 22.8. The lowest BCUT2D eigenvalue weighted by atomic mass is 9.90. The van der Waals surface area contributed by atoms with Crippen molar-refractivity contribution in [2.75, 3.05) is 20.1 Å². The van der Waals surface area contributed by atoms with Crippen LogP contribution in [0.1, 0.15) is 42.6 Å². The standard InChI is InChI=1S/C23H25N5O2/c1-26-20(29)15-18(21(26)16-7-3-2-4-8-16)23(30)27-13-10-17(11-14-27)22-25-24-19-9-5-6-12-28(19)22/h2-9,12,17-18,21H,10-11,13-15H2,1H3/t18-,21+/m1/s1. The number of fused-ring (bicyclic) bond motifs is 1. The van der Waals surface area contributed by atoms with Gasteiger partial charge in [0, 0.05) is 38.7 Å². The van der Waals surface area contributed by atoms with Crippen molar-refractivity contribution in [1.29, 1.82) is 0 Å². The molecule has 2 saturated heterocycles. The second-order valence-corrected chi connectivity index (χ2v) is 8.26. The molecule has 2 atom stereocenters. The largest absolute Gasteiger partial charge is 0.342 e. The number of carbonyl (C=O) groups is 2. The number of hydrogen-bond acceptors (Lipinski definition) is 4. The smallest absolute Gasteiger partial charge is 0.228 e. The SMILES string of the molecule is CN1C(=O)C[C@@H](C(=O)N2CCC(c3nnc4ccccn34)CC2)[C@@H]1c1ccccc1. The first-order valence-electron chi connectivity index (χ1n) is 10.5. The van der Waals surface area contributed by atoms with Crippen molar-refractivity contribution in [1.82, 2.24) is 24.4 Å². The van der Waals surface area contributed by atoms with Gasteiger partial charge < -0.3 is 9.80 Å². The molecular formula is C23H25N5O2. The molecule has 1 aromatic carbocycles. The fraction of sp³-hybridized carbons (Fsp3) is 0.391. The number of nitrogens with zero attached hydrogens (tertiary/aromatic N) is 5. The fourth-order valence-electron chi connectivity index (χ4n) is 4.93. The molecule has 0 spiro atoms. The van der Waals surface area contributed by atoms with Crippen LogP contribution in [0.25, 0.3) is 5.65 Å². The molecule has 0 N–H and O–H groups in total.